The summed E-state index contributed by atoms with van der Waals surface area (Å²) in [5.74, 6) is 0.908. The lowest BCUT2D eigenvalue weighted by molar-refractivity contribution is 0.659. The van der Waals surface area contributed by atoms with Gasteiger partial charge in [-0.15, -0.1) is 0 Å². The predicted octanol–water partition coefficient (Wildman–Crippen LogP) is 1.25. The van der Waals surface area contributed by atoms with Crippen LogP contribution in [-0.4, -0.2) is 27.9 Å². The molecule has 1 N–H and O–H groups in total. The van der Waals surface area contributed by atoms with E-state index in [1.807, 2.05) is 7.05 Å². The first-order chi connectivity index (χ1) is 7.84. The Morgan fingerprint density at radius 3 is 2.94 bits per heavy atom. The van der Waals surface area contributed by atoms with Gasteiger partial charge in [0.15, 0.2) is 5.82 Å². The van der Waals surface area contributed by atoms with Crippen molar-refractivity contribution in [3.8, 4) is 0 Å². The highest BCUT2D eigenvalue weighted by molar-refractivity contribution is 7.07. The number of nitrogens with zero attached hydrogens (tertiary/aromatic N) is 3. The summed E-state index contributed by atoms with van der Waals surface area (Å²) in [6.45, 7) is 1.96. The molecule has 0 saturated carbocycles. The van der Waals surface area contributed by atoms with Gasteiger partial charge in [0.25, 0.3) is 0 Å². The van der Waals surface area contributed by atoms with Gasteiger partial charge in [-0.1, -0.05) is 0 Å². The lowest BCUT2D eigenvalue weighted by Gasteiger charge is -2.01. The van der Waals surface area contributed by atoms with Crippen LogP contribution in [-0.2, 0) is 19.9 Å². The Morgan fingerprint density at radius 1 is 1.38 bits per heavy atom. The first-order valence-corrected chi connectivity index (χ1v) is 6.35. The van der Waals surface area contributed by atoms with Crippen LogP contribution in [0.5, 0.6) is 0 Å². The minimum absolute atomic E-state index is 0.893. The van der Waals surface area contributed by atoms with E-state index in [1.165, 1.54) is 5.56 Å². The molecule has 0 spiro atoms. The Bertz CT molecular complexity index is 407. The molecule has 2 aromatic rings. The van der Waals surface area contributed by atoms with Gasteiger partial charge in [0.1, 0.15) is 6.33 Å². The van der Waals surface area contributed by atoms with Crippen molar-refractivity contribution in [1.29, 1.82) is 0 Å². The molecule has 0 unspecified atom stereocenters. The fraction of sp³-hybridized carbons (Fsp3) is 0.455. The highest BCUT2D eigenvalue weighted by Crippen LogP contribution is 2.05. The maximum atomic E-state index is 4.23. The smallest absolute Gasteiger partial charge is 0.151 e. The number of nitrogens with one attached hydrogen (secondary N) is 1. The van der Waals surface area contributed by atoms with Crippen LogP contribution in [0.1, 0.15) is 11.4 Å². The van der Waals surface area contributed by atoms with Crippen LogP contribution < -0.4 is 5.32 Å². The summed E-state index contributed by atoms with van der Waals surface area (Å²) in [6.07, 6.45) is 3.73. The Kier molecular flexibility index (Phi) is 4.07. The molecular formula is C11H16N4S. The van der Waals surface area contributed by atoms with Gasteiger partial charge in [-0.2, -0.15) is 16.4 Å². The van der Waals surface area contributed by atoms with E-state index in [9.17, 15) is 0 Å². The summed E-state index contributed by atoms with van der Waals surface area (Å²) in [5.41, 5.74) is 1.41. The SMILES string of the molecule is Cn1cnc(CCNCCc2ccsc2)n1. The molecule has 16 heavy (non-hydrogen) atoms. The molecule has 0 aliphatic carbocycles. The maximum Gasteiger partial charge on any atom is 0.151 e. The summed E-state index contributed by atoms with van der Waals surface area (Å²) in [4.78, 5) is 4.18. The van der Waals surface area contributed by atoms with Crippen LogP contribution in [0.3, 0.4) is 0 Å². The average molecular weight is 236 g/mol. The lowest BCUT2D eigenvalue weighted by atomic mass is 10.2. The van der Waals surface area contributed by atoms with Gasteiger partial charge in [0.2, 0.25) is 0 Å². The minimum atomic E-state index is 0.893. The molecule has 0 aromatic carbocycles. The summed E-state index contributed by atoms with van der Waals surface area (Å²) >= 11 is 1.75. The second-order valence-electron chi connectivity index (χ2n) is 3.72. The summed E-state index contributed by atoms with van der Waals surface area (Å²) in [7, 11) is 1.89. The van der Waals surface area contributed by atoms with E-state index in [2.05, 4.69) is 32.2 Å². The van der Waals surface area contributed by atoms with E-state index in [0.717, 1.165) is 31.8 Å². The first-order valence-electron chi connectivity index (χ1n) is 5.41. The number of aryl methyl sites for hydroxylation is 1. The fourth-order valence-electron chi connectivity index (χ4n) is 1.49. The number of aromatic nitrogens is 3. The van der Waals surface area contributed by atoms with Crippen LogP contribution in [0.2, 0.25) is 0 Å². The van der Waals surface area contributed by atoms with Crippen molar-refractivity contribution in [2.45, 2.75) is 12.8 Å². The summed E-state index contributed by atoms with van der Waals surface area (Å²) < 4.78 is 1.74. The van der Waals surface area contributed by atoms with Crippen molar-refractivity contribution in [3.05, 3.63) is 34.5 Å². The highest BCUT2D eigenvalue weighted by Gasteiger charge is 1.98. The summed E-state index contributed by atoms with van der Waals surface area (Å²) in [5, 5.41) is 11.9. The maximum absolute atomic E-state index is 4.23. The molecule has 86 valence electrons. The first kappa shape index (κ1) is 11.3. The van der Waals surface area contributed by atoms with Crippen LogP contribution >= 0.6 is 11.3 Å². The molecule has 2 aromatic heterocycles. The lowest BCUT2D eigenvalue weighted by Crippen LogP contribution is -2.20. The van der Waals surface area contributed by atoms with E-state index in [0.29, 0.717) is 0 Å². The Morgan fingerprint density at radius 2 is 2.25 bits per heavy atom. The Hall–Kier alpha value is -1.20. The molecule has 5 heteroatoms. The zero-order chi connectivity index (χ0) is 11.2. The average Bonchev–Trinajstić information content (AvgIpc) is 2.89. The van der Waals surface area contributed by atoms with Crippen molar-refractivity contribution < 1.29 is 0 Å². The van der Waals surface area contributed by atoms with Gasteiger partial charge >= 0.3 is 0 Å². The van der Waals surface area contributed by atoms with Gasteiger partial charge in [0, 0.05) is 20.0 Å². The van der Waals surface area contributed by atoms with Crippen molar-refractivity contribution in [1.82, 2.24) is 20.1 Å². The monoisotopic (exact) mass is 236 g/mol. The van der Waals surface area contributed by atoms with E-state index in [1.54, 1.807) is 22.3 Å². The molecule has 0 amide bonds. The largest absolute Gasteiger partial charge is 0.316 e. The van der Waals surface area contributed by atoms with Crippen molar-refractivity contribution >= 4 is 11.3 Å². The van der Waals surface area contributed by atoms with Crippen molar-refractivity contribution in [3.63, 3.8) is 0 Å². The van der Waals surface area contributed by atoms with E-state index in [-0.39, 0.29) is 0 Å². The number of hydrogen-bond acceptors (Lipinski definition) is 4. The van der Waals surface area contributed by atoms with Crippen LogP contribution in [0.15, 0.2) is 23.2 Å². The number of thiophene rings is 1. The summed E-state index contributed by atoms with van der Waals surface area (Å²) in [6, 6.07) is 2.17. The predicted molar refractivity (Wildman–Crippen MR) is 65.6 cm³/mol. The topological polar surface area (TPSA) is 42.7 Å². The second kappa shape index (κ2) is 5.77. The molecular weight excluding hydrogens is 220 g/mol. The van der Waals surface area contributed by atoms with Gasteiger partial charge in [-0.3, -0.25) is 4.68 Å². The molecule has 4 nitrogen and oxygen atoms in total. The molecule has 0 aliphatic heterocycles. The minimum Gasteiger partial charge on any atom is -0.316 e. The molecule has 0 aliphatic rings. The second-order valence-corrected chi connectivity index (χ2v) is 4.50. The third-order valence-electron chi connectivity index (χ3n) is 2.34. The Labute approximate surface area is 99.3 Å². The van der Waals surface area contributed by atoms with E-state index >= 15 is 0 Å². The third-order valence-corrected chi connectivity index (χ3v) is 3.08. The molecule has 2 rings (SSSR count). The van der Waals surface area contributed by atoms with Crippen LogP contribution in [0.25, 0.3) is 0 Å². The third kappa shape index (κ3) is 3.43. The number of rotatable bonds is 6. The number of hydrogen-bond donors (Lipinski definition) is 1. The van der Waals surface area contributed by atoms with Crippen LogP contribution in [0.4, 0.5) is 0 Å². The normalized spacial score (nSPS) is 10.8. The van der Waals surface area contributed by atoms with Crippen molar-refractivity contribution in [2.24, 2.45) is 7.05 Å². The quantitative estimate of drug-likeness (QED) is 0.768. The molecule has 2 heterocycles. The van der Waals surface area contributed by atoms with Crippen molar-refractivity contribution in [2.75, 3.05) is 13.1 Å². The highest BCUT2D eigenvalue weighted by atomic mass is 32.1. The molecule has 0 fully saturated rings. The zero-order valence-electron chi connectivity index (χ0n) is 9.39. The fourth-order valence-corrected chi connectivity index (χ4v) is 2.19. The molecule has 0 radical (unpaired) electrons. The van der Waals surface area contributed by atoms with E-state index in [4.69, 9.17) is 0 Å². The van der Waals surface area contributed by atoms with Gasteiger partial charge in [-0.05, 0) is 35.4 Å². The standard InChI is InChI=1S/C11H16N4S/c1-15-9-13-11(14-15)3-6-12-5-2-10-4-7-16-8-10/h4,7-9,12H,2-3,5-6H2,1H3. The van der Waals surface area contributed by atoms with Gasteiger partial charge < -0.3 is 5.32 Å². The van der Waals surface area contributed by atoms with Gasteiger partial charge in [-0.25, -0.2) is 4.98 Å². The van der Waals surface area contributed by atoms with Crippen LogP contribution in [0, 0.1) is 0 Å². The van der Waals surface area contributed by atoms with Gasteiger partial charge in [0.05, 0.1) is 0 Å². The van der Waals surface area contributed by atoms with E-state index < -0.39 is 0 Å². The Balaban J connectivity index is 1.59. The zero-order valence-corrected chi connectivity index (χ0v) is 10.2. The molecule has 0 atom stereocenters. The molecule has 0 bridgehead atoms. The molecule has 0 saturated heterocycles.